The number of nitrogens with one attached hydrogen (secondary N) is 2. The summed E-state index contributed by atoms with van der Waals surface area (Å²) in [7, 11) is 0. The van der Waals surface area contributed by atoms with Gasteiger partial charge in [0.05, 0.1) is 25.5 Å². The first-order valence-electron chi connectivity index (χ1n) is 8.93. The van der Waals surface area contributed by atoms with Crippen molar-refractivity contribution in [1.82, 2.24) is 5.32 Å². The first kappa shape index (κ1) is 20.7. The number of urea groups is 1. The Morgan fingerprint density at radius 1 is 0.926 bits per heavy atom. The Bertz CT molecular complexity index is 723. The van der Waals surface area contributed by atoms with Crippen LogP contribution in [0.5, 0.6) is 17.2 Å². The molecule has 0 aliphatic heterocycles. The molecule has 27 heavy (non-hydrogen) atoms. The molecule has 7 heteroatoms. The van der Waals surface area contributed by atoms with Gasteiger partial charge in [0.2, 0.25) is 5.75 Å². The highest BCUT2D eigenvalue weighted by Gasteiger charge is 2.16. The van der Waals surface area contributed by atoms with Gasteiger partial charge in [-0.1, -0.05) is 23.7 Å². The van der Waals surface area contributed by atoms with Crippen LogP contribution in [0, 0.1) is 0 Å². The van der Waals surface area contributed by atoms with Gasteiger partial charge < -0.3 is 24.8 Å². The van der Waals surface area contributed by atoms with Crippen molar-refractivity contribution < 1.29 is 19.0 Å². The zero-order valence-electron chi connectivity index (χ0n) is 15.8. The van der Waals surface area contributed by atoms with E-state index in [2.05, 4.69) is 10.6 Å². The summed E-state index contributed by atoms with van der Waals surface area (Å²) in [6, 6.07) is 10.4. The molecule has 0 fully saturated rings. The Hall–Kier alpha value is -2.60. The van der Waals surface area contributed by atoms with Crippen LogP contribution in [-0.2, 0) is 6.54 Å². The lowest BCUT2D eigenvalue weighted by atomic mass is 10.2. The number of carbonyl (C=O) groups is 1. The van der Waals surface area contributed by atoms with E-state index in [-0.39, 0.29) is 6.03 Å². The van der Waals surface area contributed by atoms with Crippen molar-refractivity contribution in [3.63, 3.8) is 0 Å². The van der Waals surface area contributed by atoms with Crippen molar-refractivity contribution in [1.29, 1.82) is 0 Å². The van der Waals surface area contributed by atoms with E-state index in [0.29, 0.717) is 54.3 Å². The Kier molecular flexibility index (Phi) is 8.07. The molecule has 0 unspecified atom stereocenters. The molecule has 0 heterocycles. The van der Waals surface area contributed by atoms with E-state index in [1.807, 2.05) is 32.9 Å². The van der Waals surface area contributed by atoms with Crippen LogP contribution in [0.15, 0.2) is 36.4 Å². The highest BCUT2D eigenvalue weighted by molar-refractivity contribution is 6.30. The van der Waals surface area contributed by atoms with E-state index < -0.39 is 0 Å². The van der Waals surface area contributed by atoms with E-state index in [0.717, 1.165) is 5.56 Å². The van der Waals surface area contributed by atoms with Gasteiger partial charge in [0, 0.05) is 23.7 Å². The highest BCUT2D eigenvalue weighted by atomic mass is 35.5. The second-order valence-electron chi connectivity index (χ2n) is 5.53. The van der Waals surface area contributed by atoms with Gasteiger partial charge in [-0.15, -0.1) is 0 Å². The van der Waals surface area contributed by atoms with Crippen molar-refractivity contribution >= 4 is 23.3 Å². The van der Waals surface area contributed by atoms with E-state index in [4.69, 9.17) is 25.8 Å². The highest BCUT2D eigenvalue weighted by Crippen LogP contribution is 2.40. The largest absolute Gasteiger partial charge is 0.490 e. The fourth-order valence-corrected chi connectivity index (χ4v) is 2.55. The number of hydrogen-bond acceptors (Lipinski definition) is 4. The summed E-state index contributed by atoms with van der Waals surface area (Å²) in [5.41, 5.74) is 1.50. The molecule has 0 saturated carbocycles. The second-order valence-corrected chi connectivity index (χ2v) is 5.97. The molecule has 2 aromatic rings. The Labute approximate surface area is 164 Å². The molecule has 6 nitrogen and oxygen atoms in total. The summed E-state index contributed by atoms with van der Waals surface area (Å²) in [4.78, 5) is 12.2. The Morgan fingerprint density at radius 2 is 1.48 bits per heavy atom. The fraction of sp³-hybridized carbons (Fsp3) is 0.350. The maximum Gasteiger partial charge on any atom is 0.319 e. The lowest BCUT2D eigenvalue weighted by Gasteiger charge is -2.17. The van der Waals surface area contributed by atoms with Crippen molar-refractivity contribution in [3.05, 3.63) is 47.0 Å². The first-order chi connectivity index (χ1) is 13.1. The Balaban J connectivity index is 2.11. The quantitative estimate of drug-likeness (QED) is 0.639. The van der Waals surface area contributed by atoms with E-state index in [1.165, 1.54) is 0 Å². The molecule has 0 bridgehead atoms. The normalized spacial score (nSPS) is 10.2. The van der Waals surface area contributed by atoms with Gasteiger partial charge in [-0.2, -0.15) is 0 Å². The molecule has 0 aliphatic rings. The van der Waals surface area contributed by atoms with Crippen LogP contribution in [0.25, 0.3) is 0 Å². The van der Waals surface area contributed by atoms with E-state index >= 15 is 0 Å². The minimum absolute atomic E-state index is 0.334. The number of anilines is 1. The molecule has 0 aliphatic carbocycles. The number of hydrogen-bond donors (Lipinski definition) is 2. The lowest BCUT2D eigenvalue weighted by Crippen LogP contribution is -2.28. The Morgan fingerprint density at radius 3 is 2.00 bits per heavy atom. The summed E-state index contributed by atoms with van der Waals surface area (Å²) < 4.78 is 17.0. The van der Waals surface area contributed by atoms with Crippen molar-refractivity contribution in [3.8, 4) is 17.2 Å². The lowest BCUT2D eigenvalue weighted by molar-refractivity contribution is 0.251. The third kappa shape index (κ3) is 6.25. The summed E-state index contributed by atoms with van der Waals surface area (Å²) in [6.45, 7) is 7.46. The number of rotatable bonds is 9. The molecule has 0 radical (unpaired) electrons. The van der Waals surface area contributed by atoms with Crippen molar-refractivity contribution in [2.75, 3.05) is 25.1 Å². The van der Waals surface area contributed by atoms with Gasteiger partial charge in [-0.25, -0.2) is 4.79 Å². The van der Waals surface area contributed by atoms with Crippen LogP contribution >= 0.6 is 11.6 Å². The zero-order chi connectivity index (χ0) is 19.6. The molecule has 2 amide bonds. The topological polar surface area (TPSA) is 68.8 Å². The summed E-state index contributed by atoms with van der Waals surface area (Å²) in [6.07, 6.45) is 0. The van der Waals surface area contributed by atoms with Gasteiger partial charge in [0.1, 0.15) is 0 Å². The predicted octanol–water partition coefficient (Wildman–Crippen LogP) is 4.86. The number of benzene rings is 2. The minimum Gasteiger partial charge on any atom is -0.490 e. The molecule has 2 aromatic carbocycles. The van der Waals surface area contributed by atoms with Crippen LogP contribution in [0.2, 0.25) is 5.02 Å². The molecule has 2 rings (SSSR count). The molecule has 0 aromatic heterocycles. The monoisotopic (exact) mass is 392 g/mol. The third-order valence-corrected chi connectivity index (χ3v) is 3.79. The number of amides is 2. The molecule has 0 spiro atoms. The minimum atomic E-state index is -0.334. The summed E-state index contributed by atoms with van der Waals surface area (Å²) in [5, 5.41) is 6.26. The second kappa shape index (κ2) is 10.5. The molecule has 2 N–H and O–H groups in total. The van der Waals surface area contributed by atoms with Crippen molar-refractivity contribution in [2.24, 2.45) is 0 Å². The number of carbonyl (C=O) groups excluding carboxylic acids is 1. The first-order valence-corrected chi connectivity index (χ1v) is 9.30. The van der Waals surface area contributed by atoms with Gasteiger partial charge in [-0.05, 0) is 38.5 Å². The zero-order valence-corrected chi connectivity index (χ0v) is 16.6. The van der Waals surface area contributed by atoms with E-state index in [9.17, 15) is 4.79 Å². The SMILES string of the molecule is CCOc1cc(NC(=O)NCc2ccc(Cl)cc2)cc(OCC)c1OCC. The third-order valence-electron chi connectivity index (χ3n) is 3.53. The average Bonchev–Trinajstić information content (AvgIpc) is 2.64. The number of ether oxygens (including phenoxy) is 3. The summed E-state index contributed by atoms with van der Waals surface area (Å²) in [5.74, 6) is 1.59. The molecule has 0 saturated heterocycles. The van der Waals surface area contributed by atoms with Crippen molar-refractivity contribution in [2.45, 2.75) is 27.3 Å². The maximum atomic E-state index is 12.2. The summed E-state index contributed by atoms with van der Waals surface area (Å²) >= 11 is 5.86. The van der Waals surface area contributed by atoms with Gasteiger partial charge in [-0.3, -0.25) is 0 Å². The fourth-order valence-electron chi connectivity index (χ4n) is 2.42. The van der Waals surface area contributed by atoms with Gasteiger partial charge >= 0.3 is 6.03 Å². The molecule has 146 valence electrons. The predicted molar refractivity (Wildman–Crippen MR) is 107 cm³/mol. The van der Waals surface area contributed by atoms with Crippen LogP contribution < -0.4 is 24.8 Å². The van der Waals surface area contributed by atoms with Crippen LogP contribution in [0.4, 0.5) is 10.5 Å². The average molecular weight is 393 g/mol. The van der Waals surface area contributed by atoms with Crippen LogP contribution in [0.1, 0.15) is 26.3 Å². The smallest absolute Gasteiger partial charge is 0.319 e. The van der Waals surface area contributed by atoms with Crippen LogP contribution in [0.3, 0.4) is 0 Å². The van der Waals surface area contributed by atoms with Gasteiger partial charge in [0.15, 0.2) is 11.5 Å². The molecule has 0 atom stereocenters. The molecular weight excluding hydrogens is 368 g/mol. The maximum absolute atomic E-state index is 12.2. The van der Waals surface area contributed by atoms with E-state index in [1.54, 1.807) is 24.3 Å². The number of halogens is 1. The standard InChI is InChI=1S/C20H25ClN2O4/c1-4-25-17-11-16(12-18(26-5-2)19(17)27-6-3)23-20(24)22-13-14-7-9-15(21)10-8-14/h7-12H,4-6,13H2,1-3H3,(H2,22,23,24). The van der Waals surface area contributed by atoms with Crippen LogP contribution in [-0.4, -0.2) is 25.9 Å². The van der Waals surface area contributed by atoms with Gasteiger partial charge in [0.25, 0.3) is 0 Å². The molecular formula is C20H25ClN2O4.